The predicted molar refractivity (Wildman–Crippen MR) is 114 cm³/mol. The van der Waals surface area contributed by atoms with Crippen LogP contribution < -0.4 is 16.4 Å². The number of hydrogen-bond acceptors (Lipinski definition) is 4. The van der Waals surface area contributed by atoms with Gasteiger partial charge in [-0.05, 0) is 54.6 Å². The van der Waals surface area contributed by atoms with Gasteiger partial charge < -0.3 is 11.1 Å². The zero-order valence-electron chi connectivity index (χ0n) is 15.0. The third-order valence-corrected chi connectivity index (χ3v) is 5.82. The van der Waals surface area contributed by atoms with Crippen molar-refractivity contribution in [1.82, 2.24) is 5.32 Å². The predicted octanol–water partition coefficient (Wildman–Crippen LogP) is 3.50. The molecule has 0 bridgehead atoms. The van der Waals surface area contributed by atoms with Crippen molar-refractivity contribution in [2.45, 2.75) is 26.2 Å². The molecule has 0 saturated carbocycles. The van der Waals surface area contributed by atoms with Crippen LogP contribution >= 0.6 is 23.6 Å². The Morgan fingerprint density at radius 2 is 2.04 bits per heavy atom. The molecule has 1 aliphatic rings. The van der Waals surface area contributed by atoms with Crippen LogP contribution in [0.2, 0.25) is 0 Å². The zero-order chi connectivity index (χ0) is 19.4. The maximum atomic E-state index is 12.1. The highest BCUT2D eigenvalue weighted by molar-refractivity contribution is 7.80. The molecule has 1 atom stereocenters. The van der Waals surface area contributed by atoms with E-state index in [2.05, 4.69) is 17.6 Å². The van der Waals surface area contributed by atoms with Gasteiger partial charge in [0.1, 0.15) is 5.00 Å². The minimum Gasteiger partial charge on any atom is -0.365 e. The number of carbonyl (C=O) groups excluding carboxylic acids is 2. The van der Waals surface area contributed by atoms with E-state index in [9.17, 15) is 9.59 Å². The second-order valence-electron chi connectivity index (χ2n) is 6.61. The van der Waals surface area contributed by atoms with Crippen molar-refractivity contribution in [2.75, 3.05) is 5.32 Å². The van der Waals surface area contributed by atoms with E-state index in [0.29, 0.717) is 16.5 Å². The molecule has 0 saturated heterocycles. The normalized spacial score (nSPS) is 16.0. The average molecular weight is 400 g/mol. The fourth-order valence-corrected chi connectivity index (χ4v) is 4.81. The standard InChI is InChI=1S/C20H21N3O2S2/c1-12-7-9-14-15(11-12)27-19(17(14)18(21)25)23-20(26)22-16(24)10-8-13-5-3-2-4-6-13/h2-6,8,10,12H,7,9,11H2,1H3,(H2,21,25)(H2,22,23,24,26)/b10-8+. The first kappa shape index (κ1) is 19.3. The van der Waals surface area contributed by atoms with Crippen LogP contribution in [0.3, 0.4) is 0 Å². The average Bonchev–Trinajstić information content (AvgIpc) is 2.97. The van der Waals surface area contributed by atoms with Gasteiger partial charge in [0.05, 0.1) is 5.56 Å². The van der Waals surface area contributed by atoms with Crippen molar-refractivity contribution in [3.63, 3.8) is 0 Å². The molecule has 2 aromatic rings. The van der Waals surface area contributed by atoms with E-state index in [1.165, 1.54) is 22.3 Å². The summed E-state index contributed by atoms with van der Waals surface area (Å²) in [6.45, 7) is 2.20. The van der Waals surface area contributed by atoms with Crippen LogP contribution in [0.4, 0.5) is 5.00 Å². The molecule has 1 heterocycles. The number of fused-ring (bicyclic) bond motifs is 1. The summed E-state index contributed by atoms with van der Waals surface area (Å²) >= 11 is 6.72. The van der Waals surface area contributed by atoms with Crippen molar-refractivity contribution < 1.29 is 9.59 Å². The Balaban J connectivity index is 1.68. The lowest BCUT2D eigenvalue weighted by molar-refractivity contribution is -0.115. The number of benzene rings is 1. The van der Waals surface area contributed by atoms with Crippen LogP contribution in [0.5, 0.6) is 0 Å². The third kappa shape index (κ3) is 4.81. The molecule has 0 aliphatic heterocycles. The molecule has 1 unspecified atom stereocenters. The maximum absolute atomic E-state index is 12.1. The number of hydrogen-bond donors (Lipinski definition) is 3. The first-order chi connectivity index (χ1) is 12.9. The summed E-state index contributed by atoms with van der Waals surface area (Å²) < 4.78 is 0. The fourth-order valence-electron chi connectivity index (χ4n) is 3.12. The highest BCUT2D eigenvalue weighted by Crippen LogP contribution is 2.39. The Labute approximate surface area is 167 Å². The summed E-state index contributed by atoms with van der Waals surface area (Å²) in [4.78, 5) is 25.2. The number of carbonyl (C=O) groups is 2. The minimum atomic E-state index is -0.470. The van der Waals surface area contributed by atoms with E-state index in [1.54, 1.807) is 6.08 Å². The summed E-state index contributed by atoms with van der Waals surface area (Å²) in [6, 6.07) is 9.50. The van der Waals surface area contributed by atoms with Gasteiger partial charge in [0.2, 0.25) is 5.91 Å². The van der Waals surface area contributed by atoms with Gasteiger partial charge in [-0.1, -0.05) is 37.3 Å². The van der Waals surface area contributed by atoms with Crippen LogP contribution in [0.25, 0.3) is 6.08 Å². The van der Waals surface area contributed by atoms with E-state index >= 15 is 0 Å². The van der Waals surface area contributed by atoms with E-state index in [-0.39, 0.29) is 11.0 Å². The number of nitrogens with two attached hydrogens (primary N) is 1. The monoisotopic (exact) mass is 399 g/mol. The molecule has 140 valence electrons. The summed E-state index contributed by atoms with van der Waals surface area (Å²) in [5.74, 6) is -0.228. The summed E-state index contributed by atoms with van der Waals surface area (Å²) in [6.07, 6.45) is 5.93. The van der Waals surface area contributed by atoms with Crippen LogP contribution in [-0.2, 0) is 17.6 Å². The van der Waals surface area contributed by atoms with Gasteiger partial charge in [0.25, 0.3) is 5.91 Å². The molecule has 5 nitrogen and oxygen atoms in total. The summed E-state index contributed by atoms with van der Waals surface area (Å²) in [5, 5.41) is 6.33. The Hall–Kier alpha value is -2.51. The molecule has 1 aromatic heterocycles. The fraction of sp³-hybridized carbons (Fsp3) is 0.250. The van der Waals surface area contributed by atoms with Crippen molar-refractivity contribution in [3.05, 3.63) is 58.0 Å². The largest absolute Gasteiger partial charge is 0.365 e. The minimum absolute atomic E-state index is 0.145. The Morgan fingerprint density at radius 1 is 1.30 bits per heavy atom. The molecular weight excluding hydrogens is 378 g/mol. The second kappa shape index (κ2) is 8.45. The zero-order valence-corrected chi connectivity index (χ0v) is 16.6. The topological polar surface area (TPSA) is 84.2 Å². The highest BCUT2D eigenvalue weighted by atomic mass is 32.1. The number of thiophene rings is 1. The van der Waals surface area contributed by atoms with Crippen molar-refractivity contribution in [1.29, 1.82) is 0 Å². The quantitative estimate of drug-likeness (QED) is 0.543. The number of anilines is 1. The van der Waals surface area contributed by atoms with Crippen LogP contribution in [0, 0.1) is 5.92 Å². The number of thiocarbonyl (C=S) groups is 1. The van der Waals surface area contributed by atoms with Crippen LogP contribution in [0.15, 0.2) is 36.4 Å². The van der Waals surface area contributed by atoms with Gasteiger partial charge in [-0.3, -0.25) is 14.9 Å². The lowest BCUT2D eigenvalue weighted by Gasteiger charge is -2.18. The molecule has 0 spiro atoms. The maximum Gasteiger partial charge on any atom is 0.251 e. The van der Waals surface area contributed by atoms with E-state index in [0.717, 1.165) is 30.4 Å². The van der Waals surface area contributed by atoms with E-state index in [1.807, 2.05) is 30.3 Å². The lowest BCUT2D eigenvalue weighted by Crippen LogP contribution is -2.33. The molecular formula is C20H21N3O2S2. The first-order valence-corrected chi connectivity index (χ1v) is 9.96. The number of nitrogens with one attached hydrogen (secondary N) is 2. The van der Waals surface area contributed by atoms with Gasteiger partial charge in [-0.2, -0.15) is 0 Å². The SMILES string of the molecule is CC1CCc2c(sc(NC(=S)NC(=O)/C=C/c3ccccc3)c2C(N)=O)C1. The Bertz CT molecular complexity index is 903. The first-order valence-electron chi connectivity index (χ1n) is 8.73. The van der Waals surface area contributed by atoms with Crippen LogP contribution in [0.1, 0.15) is 39.7 Å². The van der Waals surface area contributed by atoms with Gasteiger partial charge in [0, 0.05) is 11.0 Å². The van der Waals surface area contributed by atoms with E-state index in [4.69, 9.17) is 18.0 Å². The second-order valence-corrected chi connectivity index (χ2v) is 8.12. The Morgan fingerprint density at radius 3 is 2.74 bits per heavy atom. The van der Waals surface area contributed by atoms with Crippen molar-refractivity contribution in [3.8, 4) is 0 Å². The lowest BCUT2D eigenvalue weighted by atomic mass is 9.88. The van der Waals surface area contributed by atoms with Gasteiger partial charge in [-0.15, -0.1) is 11.3 Å². The Kier molecular flexibility index (Phi) is 6.03. The summed E-state index contributed by atoms with van der Waals surface area (Å²) in [5.41, 5.74) is 8.03. The number of rotatable bonds is 4. The van der Waals surface area contributed by atoms with Gasteiger partial charge >= 0.3 is 0 Å². The molecule has 2 amide bonds. The smallest absolute Gasteiger partial charge is 0.251 e. The van der Waals surface area contributed by atoms with Crippen LogP contribution in [-0.4, -0.2) is 16.9 Å². The molecule has 27 heavy (non-hydrogen) atoms. The molecule has 3 rings (SSSR count). The summed E-state index contributed by atoms with van der Waals surface area (Å²) in [7, 11) is 0. The number of primary amides is 1. The third-order valence-electron chi connectivity index (χ3n) is 4.45. The van der Waals surface area contributed by atoms with Gasteiger partial charge in [0.15, 0.2) is 5.11 Å². The molecule has 1 aliphatic carbocycles. The number of amides is 2. The van der Waals surface area contributed by atoms with Crippen molar-refractivity contribution in [2.24, 2.45) is 11.7 Å². The molecule has 0 fully saturated rings. The molecule has 4 N–H and O–H groups in total. The van der Waals surface area contributed by atoms with Crippen molar-refractivity contribution >= 4 is 51.6 Å². The molecule has 7 heteroatoms. The molecule has 0 radical (unpaired) electrons. The van der Waals surface area contributed by atoms with E-state index < -0.39 is 5.91 Å². The highest BCUT2D eigenvalue weighted by Gasteiger charge is 2.26. The molecule has 1 aromatic carbocycles. The van der Waals surface area contributed by atoms with Gasteiger partial charge in [-0.25, -0.2) is 0 Å².